The number of anilines is 1. The Balaban J connectivity index is 1.36. The van der Waals surface area contributed by atoms with Crippen molar-refractivity contribution >= 4 is 5.69 Å². The number of aliphatic hydroxyl groups is 2. The fraction of sp³-hybridized carbons (Fsp3) is 0.714. The van der Waals surface area contributed by atoms with Gasteiger partial charge in [0.15, 0.2) is 0 Å². The number of ether oxygens (including phenoxy) is 2. The van der Waals surface area contributed by atoms with Gasteiger partial charge in [-0.1, -0.05) is 18.2 Å². The van der Waals surface area contributed by atoms with E-state index < -0.39 is 12.2 Å². The van der Waals surface area contributed by atoms with E-state index in [9.17, 15) is 10.2 Å². The molecule has 0 amide bonds. The molecule has 3 saturated heterocycles. The molecule has 156 valence electrons. The summed E-state index contributed by atoms with van der Waals surface area (Å²) in [4.78, 5) is 4.73. The average Bonchev–Trinajstić information content (AvgIpc) is 3.09. The summed E-state index contributed by atoms with van der Waals surface area (Å²) < 4.78 is 11.5. The van der Waals surface area contributed by atoms with Crippen LogP contribution < -0.4 is 10.2 Å². The molecule has 4 rings (SSSR count). The Morgan fingerprint density at radius 1 is 1.00 bits per heavy atom. The Labute approximate surface area is 167 Å². The maximum Gasteiger partial charge on any atom is 0.109 e. The van der Waals surface area contributed by atoms with Gasteiger partial charge in [-0.05, 0) is 25.0 Å². The molecule has 3 fully saturated rings. The van der Waals surface area contributed by atoms with Crippen molar-refractivity contribution in [1.29, 1.82) is 0 Å². The van der Waals surface area contributed by atoms with Crippen molar-refractivity contribution in [2.24, 2.45) is 0 Å². The monoisotopic (exact) mass is 391 g/mol. The Hall–Kier alpha value is -1.22. The molecule has 0 radical (unpaired) electrons. The molecule has 0 saturated carbocycles. The first-order valence-electron chi connectivity index (χ1n) is 10.6. The third kappa shape index (κ3) is 4.50. The molecule has 4 atom stereocenters. The lowest BCUT2D eigenvalue weighted by atomic mass is 10.0. The van der Waals surface area contributed by atoms with Gasteiger partial charge in [0.1, 0.15) is 12.2 Å². The quantitative estimate of drug-likeness (QED) is 0.633. The van der Waals surface area contributed by atoms with Crippen molar-refractivity contribution < 1.29 is 19.7 Å². The van der Waals surface area contributed by atoms with E-state index in [4.69, 9.17) is 9.47 Å². The third-order valence-electron chi connectivity index (χ3n) is 6.33. The Bertz CT molecular complexity index is 591. The van der Waals surface area contributed by atoms with Crippen molar-refractivity contribution in [3.05, 3.63) is 30.3 Å². The predicted octanol–water partition coefficient (Wildman–Crippen LogP) is 0.0664. The number of nitrogens with zero attached hydrogens (tertiary/aromatic N) is 2. The Morgan fingerprint density at radius 3 is 2.39 bits per heavy atom. The van der Waals surface area contributed by atoms with Gasteiger partial charge in [-0.2, -0.15) is 0 Å². The predicted molar refractivity (Wildman–Crippen MR) is 108 cm³/mol. The second kappa shape index (κ2) is 9.52. The highest BCUT2D eigenvalue weighted by Gasteiger charge is 2.46. The summed E-state index contributed by atoms with van der Waals surface area (Å²) >= 11 is 0. The number of piperazine rings is 1. The lowest BCUT2D eigenvalue weighted by Crippen LogP contribution is -2.57. The van der Waals surface area contributed by atoms with Crippen LogP contribution in [0.3, 0.4) is 0 Å². The molecular formula is C21H33N3O4. The van der Waals surface area contributed by atoms with Crippen LogP contribution in [0.4, 0.5) is 5.69 Å². The average molecular weight is 392 g/mol. The van der Waals surface area contributed by atoms with E-state index in [1.807, 2.05) is 6.07 Å². The number of nitrogens with one attached hydrogen (secondary N) is 1. The van der Waals surface area contributed by atoms with Crippen molar-refractivity contribution in [1.82, 2.24) is 10.2 Å². The molecule has 28 heavy (non-hydrogen) atoms. The zero-order chi connectivity index (χ0) is 19.3. The molecule has 3 aliphatic heterocycles. The Morgan fingerprint density at radius 2 is 1.71 bits per heavy atom. The smallest absolute Gasteiger partial charge is 0.109 e. The lowest BCUT2D eigenvalue weighted by molar-refractivity contribution is -0.0229. The lowest BCUT2D eigenvalue weighted by Gasteiger charge is -2.41. The molecule has 4 unspecified atom stereocenters. The highest BCUT2D eigenvalue weighted by Crippen LogP contribution is 2.28. The minimum absolute atomic E-state index is 0.0811. The van der Waals surface area contributed by atoms with Gasteiger partial charge in [0, 0.05) is 57.7 Å². The van der Waals surface area contributed by atoms with Gasteiger partial charge in [0.05, 0.1) is 18.8 Å². The summed E-state index contributed by atoms with van der Waals surface area (Å²) in [6, 6.07) is 10.8. The van der Waals surface area contributed by atoms with E-state index >= 15 is 0 Å². The molecule has 1 aromatic carbocycles. The van der Waals surface area contributed by atoms with Crippen molar-refractivity contribution in [3.63, 3.8) is 0 Å². The SMILES string of the molecule is OCC1OC(CNC2CCOCC2)C(N2CCN(c3ccccc3)CC2)C1O. The van der Waals surface area contributed by atoms with Gasteiger partial charge in [-0.3, -0.25) is 4.90 Å². The van der Waals surface area contributed by atoms with E-state index in [0.717, 1.165) is 52.2 Å². The molecular weight excluding hydrogens is 358 g/mol. The zero-order valence-corrected chi connectivity index (χ0v) is 16.4. The van der Waals surface area contributed by atoms with Gasteiger partial charge in [-0.25, -0.2) is 0 Å². The number of hydrogen-bond donors (Lipinski definition) is 3. The van der Waals surface area contributed by atoms with Gasteiger partial charge in [0.25, 0.3) is 0 Å². The van der Waals surface area contributed by atoms with E-state index in [0.29, 0.717) is 12.6 Å². The van der Waals surface area contributed by atoms with Crippen LogP contribution in [0, 0.1) is 0 Å². The van der Waals surface area contributed by atoms with Crippen molar-refractivity contribution in [3.8, 4) is 0 Å². The number of rotatable bonds is 6. The highest BCUT2D eigenvalue weighted by atomic mass is 16.5. The van der Waals surface area contributed by atoms with Crippen LogP contribution in [0.2, 0.25) is 0 Å². The minimum Gasteiger partial charge on any atom is -0.394 e. The summed E-state index contributed by atoms with van der Waals surface area (Å²) in [6.45, 7) is 5.77. The second-order valence-corrected chi connectivity index (χ2v) is 8.03. The maximum absolute atomic E-state index is 10.8. The summed E-state index contributed by atoms with van der Waals surface area (Å²) in [5.74, 6) is 0. The van der Waals surface area contributed by atoms with Gasteiger partial charge in [-0.15, -0.1) is 0 Å². The molecule has 3 heterocycles. The van der Waals surface area contributed by atoms with Crippen molar-refractivity contribution in [2.45, 2.75) is 43.2 Å². The maximum atomic E-state index is 10.8. The summed E-state index contributed by atoms with van der Waals surface area (Å²) in [5.41, 5.74) is 1.25. The fourth-order valence-electron chi connectivity index (χ4n) is 4.70. The van der Waals surface area contributed by atoms with Gasteiger partial charge in [0.2, 0.25) is 0 Å². The van der Waals surface area contributed by atoms with E-state index in [-0.39, 0.29) is 18.8 Å². The van der Waals surface area contributed by atoms with Crippen LogP contribution in [-0.2, 0) is 9.47 Å². The topological polar surface area (TPSA) is 77.4 Å². The standard InChI is InChI=1S/C21H33N3O4/c25-15-19-21(26)20(18(28-19)14-22-16-6-12-27-13-7-16)24-10-8-23(9-11-24)17-4-2-1-3-5-17/h1-5,16,18-22,25-26H,6-15H2. The molecule has 7 heteroatoms. The molecule has 1 aromatic rings. The molecule has 0 spiro atoms. The molecule has 0 bridgehead atoms. The normalized spacial score (nSPS) is 32.7. The van der Waals surface area contributed by atoms with Crippen LogP contribution >= 0.6 is 0 Å². The van der Waals surface area contributed by atoms with Gasteiger partial charge >= 0.3 is 0 Å². The summed E-state index contributed by atoms with van der Waals surface area (Å²) in [7, 11) is 0. The molecule has 3 N–H and O–H groups in total. The van der Waals surface area contributed by atoms with Crippen LogP contribution in [0.1, 0.15) is 12.8 Å². The molecule has 0 aromatic heterocycles. The van der Waals surface area contributed by atoms with E-state index in [2.05, 4.69) is 39.4 Å². The second-order valence-electron chi connectivity index (χ2n) is 8.03. The third-order valence-corrected chi connectivity index (χ3v) is 6.33. The fourth-order valence-corrected chi connectivity index (χ4v) is 4.70. The minimum atomic E-state index is -0.658. The number of para-hydroxylation sites is 1. The Kier molecular flexibility index (Phi) is 6.82. The van der Waals surface area contributed by atoms with Crippen molar-refractivity contribution in [2.75, 3.05) is 57.4 Å². The molecule has 0 aliphatic carbocycles. The molecule has 3 aliphatic rings. The highest BCUT2D eigenvalue weighted by molar-refractivity contribution is 5.46. The van der Waals surface area contributed by atoms with E-state index in [1.165, 1.54) is 5.69 Å². The van der Waals surface area contributed by atoms with E-state index in [1.54, 1.807) is 0 Å². The van der Waals surface area contributed by atoms with Gasteiger partial charge < -0.3 is 29.9 Å². The van der Waals surface area contributed by atoms with Crippen LogP contribution in [-0.4, -0.2) is 98.1 Å². The summed E-state index contributed by atoms with van der Waals surface area (Å²) in [5, 5.41) is 24.0. The van der Waals surface area contributed by atoms with Crippen LogP contribution in [0.5, 0.6) is 0 Å². The molecule has 7 nitrogen and oxygen atoms in total. The first-order chi connectivity index (χ1) is 13.8. The summed E-state index contributed by atoms with van der Waals surface area (Å²) in [6.07, 6.45) is 0.754. The largest absolute Gasteiger partial charge is 0.394 e. The van der Waals surface area contributed by atoms with Crippen LogP contribution in [0.15, 0.2) is 30.3 Å². The first kappa shape index (κ1) is 20.1. The zero-order valence-electron chi connectivity index (χ0n) is 16.4. The number of benzene rings is 1. The van der Waals surface area contributed by atoms with Crippen LogP contribution in [0.25, 0.3) is 0 Å². The number of hydrogen-bond acceptors (Lipinski definition) is 7. The number of aliphatic hydroxyl groups excluding tert-OH is 2. The first-order valence-corrected chi connectivity index (χ1v) is 10.6.